The van der Waals surface area contributed by atoms with Gasteiger partial charge in [0.15, 0.2) is 0 Å². The number of rotatable bonds is 0. The van der Waals surface area contributed by atoms with Crippen molar-refractivity contribution in [2.45, 2.75) is 0 Å². The largest absolute Gasteiger partial charge is 0.506 e. The second kappa shape index (κ2) is 3.23. The van der Waals surface area contributed by atoms with Gasteiger partial charge in [0.25, 0.3) is 0 Å². The van der Waals surface area contributed by atoms with Crippen LogP contribution in [0.1, 0.15) is 0 Å². The maximum Gasteiger partial charge on any atom is 0.143 e. The molecule has 2 aromatic carbocycles. The Bertz CT molecular complexity index is 464. The van der Waals surface area contributed by atoms with Crippen molar-refractivity contribution in [3.63, 3.8) is 0 Å². The molecule has 2 nitrogen and oxygen atoms in total. The maximum absolute atomic E-state index is 9.69. The van der Waals surface area contributed by atoms with Crippen LogP contribution in [0, 0.1) is 0 Å². The Balaban J connectivity index is 3.02. The Morgan fingerprint density at radius 3 is 2.21 bits per heavy atom. The third kappa shape index (κ3) is 1.19. The number of hydrogen-bond acceptors (Lipinski definition) is 2. The molecule has 2 aromatic rings. The number of phenolic OH excluding ortho intramolecular Hbond substituents is 1. The highest BCUT2D eigenvalue weighted by molar-refractivity contribution is 6.46. The van der Waals surface area contributed by atoms with Crippen LogP contribution in [0.15, 0.2) is 24.3 Å². The summed E-state index contributed by atoms with van der Waals surface area (Å²) in [6, 6.07) is 7.14. The molecule has 0 heterocycles. The molecule has 0 amide bonds. The zero-order valence-corrected chi connectivity index (χ0v) is 8.60. The third-order valence-electron chi connectivity index (χ3n) is 2.11. The fourth-order valence-corrected chi connectivity index (χ4v) is 1.78. The first kappa shape index (κ1) is 9.44. The highest BCUT2D eigenvalue weighted by atomic mass is 35.5. The van der Waals surface area contributed by atoms with Crippen molar-refractivity contribution < 1.29 is 5.11 Å². The second-order valence-corrected chi connectivity index (χ2v) is 3.69. The first-order chi connectivity index (χ1) is 6.63. The molecule has 2 rings (SSSR count). The van der Waals surface area contributed by atoms with E-state index in [-0.39, 0.29) is 15.8 Å². The van der Waals surface area contributed by atoms with E-state index in [1.807, 2.05) is 6.07 Å². The Hall–Kier alpha value is -1.12. The van der Waals surface area contributed by atoms with Gasteiger partial charge in [-0.05, 0) is 0 Å². The van der Waals surface area contributed by atoms with Crippen LogP contribution in [0.4, 0.5) is 5.69 Å². The van der Waals surface area contributed by atoms with Gasteiger partial charge in [-0.3, -0.25) is 0 Å². The molecule has 0 saturated heterocycles. The lowest BCUT2D eigenvalue weighted by Crippen LogP contribution is -1.90. The molecule has 14 heavy (non-hydrogen) atoms. The van der Waals surface area contributed by atoms with Crippen molar-refractivity contribution in [1.29, 1.82) is 0 Å². The molecular formula is C10H7Cl2NO. The fraction of sp³-hybridized carbons (Fsp3) is 0. The molecule has 0 aliphatic rings. The number of halogens is 2. The zero-order valence-electron chi connectivity index (χ0n) is 7.09. The van der Waals surface area contributed by atoms with E-state index in [2.05, 4.69) is 0 Å². The van der Waals surface area contributed by atoms with Gasteiger partial charge < -0.3 is 10.8 Å². The molecule has 0 atom stereocenters. The summed E-state index contributed by atoms with van der Waals surface area (Å²) in [5.41, 5.74) is 6.15. The smallest absolute Gasteiger partial charge is 0.143 e. The molecule has 0 aromatic heterocycles. The van der Waals surface area contributed by atoms with E-state index in [0.717, 1.165) is 0 Å². The van der Waals surface area contributed by atoms with Gasteiger partial charge in [-0.2, -0.15) is 0 Å². The van der Waals surface area contributed by atoms with Crippen LogP contribution in [0.25, 0.3) is 10.8 Å². The van der Waals surface area contributed by atoms with Gasteiger partial charge in [-0.25, -0.2) is 0 Å². The number of phenols is 1. The lowest BCUT2D eigenvalue weighted by Gasteiger charge is -2.08. The van der Waals surface area contributed by atoms with E-state index in [9.17, 15) is 5.11 Å². The van der Waals surface area contributed by atoms with Gasteiger partial charge in [0.1, 0.15) is 10.8 Å². The molecule has 0 unspecified atom stereocenters. The van der Waals surface area contributed by atoms with Gasteiger partial charge in [0.2, 0.25) is 0 Å². The van der Waals surface area contributed by atoms with Crippen LogP contribution < -0.4 is 5.73 Å². The normalized spacial score (nSPS) is 10.7. The molecule has 3 N–H and O–H groups in total. The first-order valence-electron chi connectivity index (χ1n) is 3.97. The highest BCUT2D eigenvalue weighted by Gasteiger charge is 2.13. The Labute approximate surface area is 90.9 Å². The highest BCUT2D eigenvalue weighted by Crippen LogP contribution is 2.42. The fourth-order valence-electron chi connectivity index (χ4n) is 1.38. The summed E-state index contributed by atoms with van der Waals surface area (Å²) in [6.45, 7) is 0. The van der Waals surface area contributed by atoms with E-state index in [1.54, 1.807) is 18.2 Å². The number of fused-ring (bicyclic) bond motifs is 1. The summed E-state index contributed by atoms with van der Waals surface area (Å²) in [5.74, 6) is -0.0264. The lowest BCUT2D eigenvalue weighted by molar-refractivity contribution is 0.482. The van der Waals surface area contributed by atoms with Gasteiger partial charge in [-0.1, -0.05) is 47.5 Å². The van der Waals surface area contributed by atoms with Crippen molar-refractivity contribution in [3.8, 4) is 5.75 Å². The average molecular weight is 228 g/mol. The number of nitrogens with two attached hydrogens (primary N) is 1. The minimum Gasteiger partial charge on any atom is -0.506 e. The minimum absolute atomic E-state index is 0.0264. The van der Waals surface area contributed by atoms with Crippen LogP contribution in [-0.2, 0) is 0 Å². The van der Waals surface area contributed by atoms with Gasteiger partial charge >= 0.3 is 0 Å². The minimum atomic E-state index is -0.0264. The molecule has 72 valence electrons. The topological polar surface area (TPSA) is 46.2 Å². The predicted molar refractivity (Wildman–Crippen MR) is 60.0 cm³/mol. The predicted octanol–water partition coefficient (Wildman–Crippen LogP) is 3.43. The van der Waals surface area contributed by atoms with Gasteiger partial charge in [-0.15, -0.1) is 0 Å². The average Bonchev–Trinajstić information content (AvgIpc) is 2.23. The summed E-state index contributed by atoms with van der Waals surface area (Å²) in [5, 5.41) is 11.3. The molecular weight excluding hydrogens is 221 g/mol. The standard InChI is InChI=1S/C10H7Cl2NO/c11-7-8(12)10(14)6-4-2-1-3-5(6)9(7)13/h1-4,14H,13H2. The molecule has 4 heteroatoms. The Kier molecular flexibility index (Phi) is 2.17. The van der Waals surface area contributed by atoms with Crippen molar-refractivity contribution in [2.24, 2.45) is 0 Å². The lowest BCUT2D eigenvalue weighted by atomic mass is 10.1. The van der Waals surface area contributed by atoms with Crippen molar-refractivity contribution in [2.75, 3.05) is 5.73 Å². The molecule has 0 bridgehead atoms. The van der Waals surface area contributed by atoms with Crippen LogP contribution >= 0.6 is 23.2 Å². The van der Waals surface area contributed by atoms with Crippen LogP contribution in [-0.4, -0.2) is 5.11 Å². The number of nitrogen functional groups attached to an aromatic ring is 1. The van der Waals surface area contributed by atoms with E-state index < -0.39 is 0 Å². The van der Waals surface area contributed by atoms with Gasteiger partial charge in [0, 0.05) is 10.8 Å². The van der Waals surface area contributed by atoms with E-state index in [0.29, 0.717) is 16.5 Å². The number of anilines is 1. The third-order valence-corrected chi connectivity index (χ3v) is 2.97. The van der Waals surface area contributed by atoms with Crippen molar-refractivity contribution in [3.05, 3.63) is 34.3 Å². The molecule has 0 aliphatic carbocycles. The van der Waals surface area contributed by atoms with E-state index in [4.69, 9.17) is 28.9 Å². The SMILES string of the molecule is Nc1c(Cl)c(Cl)c(O)c2ccccc12. The summed E-state index contributed by atoms with van der Waals surface area (Å²) in [6.07, 6.45) is 0. The Morgan fingerprint density at radius 1 is 1.00 bits per heavy atom. The monoisotopic (exact) mass is 227 g/mol. The van der Waals surface area contributed by atoms with E-state index in [1.165, 1.54) is 0 Å². The van der Waals surface area contributed by atoms with Crippen LogP contribution in [0.3, 0.4) is 0 Å². The molecule has 0 radical (unpaired) electrons. The van der Waals surface area contributed by atoms with Gasteiger partial charge in [0.05, 0.1) is 10.7 Å². The summed E-state index contributed by atoms with van der Waals surface area (Å²) in [4.78, 5) is 0. The summed E-state index contributed by atoms with van der Waals surface area (Å²) < 4.78 is 0. The maximum atomic E-state index is 9.69. The Morgan fingerprint density at radius 2 is 1.57 bits per heavy atom. The summed E-state index contributed by atoms with van der Waals surface area (Å²) in [7, 11) is 0. The molecule has 0 spiro atoms. The van der Waals surface area contributed by atoms with Crippen molar-refractivity contribution in [1.82, 2.24) is 0 Å². The van der Waals surface area contributed by atoms with Crippen LogP contribution in [0.2, 0.25) is 10.0 Å². The van der Waals surface area contributed by atoms with Crippen molar-refractivity contribution >= 4 is 39.7 Å². The molecule has 0 aliphatic heterocycles. The second-order valence-electron chi connectivity index (χ2n) is 2.94. The van der Waals surface area contributed by atoms with E-state index >= 15 is 0 Å². The number of aromatic hydroxyl groups is 1. The van der Waals surface area contributed by atoms with Crippen LogP contribution in [0.5, 0.6) is 5.75 Å². The zero-order chi connectivity index (χ0) is 10.3. The molecule has 0 fully saturated rings. The summed E-state index contributed by atoms with van der Waals surface area (Å²) >= 11 is 11.6. The number of benzene rings is 2. The first-order valence-corrected chi connectivity index (χ1v) is 4.72. The molecule has 0 saturated carbocycles. The quantitative estimate of drug-likeness (QED) is 0.535. The number of hydrogen-bond donors (Lipinski definition) is 2.